The number of amides is 2. The van der Waals surface area contributed by atoms with Crippen molar-refractivity contribution in [2.45, 2.75) is 128 Å². The molecule has 0 saturated carbocycles. The van der Waals surface area contributed by atoms with E-state index in [1.807, 2.05) is 0 Å². The molecule has 2 aromatic heterocycles. The van der Waals surface area contributed by atoms with Gasteiger partial charge < -0.3 is 57.0 Å². The SMILES string of the molecule is CCCCCCCCCCCCC(=O)SCCNC(=O)CCNC(=O)[C@H](O)C(C)(C)COP(=O)(O)OP(=O)(O)OC[C@H]1O[C@@H](n2cnc3c(N)ncnc32)[C@H](O)[C@@H]1OP(=O)(O)O.N. The van der Waals surface area contributed by atoms with Gasteiger partial charge in [0.15, 0.2) is 22.8 Å². The maximum absolute atomic E-state index is 12.7. The standard InChI is InChI=1S/C34H60N7O17P3S.H3N/c1-4-5-6-7-8-9-10-11-12-13-14-25(43)62-18-17-36-24(42)15-16-37-32(46)29(45)34(2,3)20-55-61(52,53)58-60(50,51)54-19-23-28(57-59(47,48)49)27(44)33(56-23)41-22-40-26-30(35)38-21-39-31(26)41;/h21-23,27-29,33,44-45H,4-20H2,1-3H3,(H,36,42)(H,37,46)(H,50,51)(H,52,53)(H2,35,38,39)(H2,47,48,49);1H3/t23-,27-,28-,29+,33-;/m1./s1. The van der Waals surface area contributed by atoms with Crippen LogP contribution in [0.5, 0.6) is 0 Å². The van der Waals surface area contributed by atoms with Crippen LogP contribution in [0, 0.1) is 5.41 Å². The lowest BCUT2D eigenvalue weighted by Gasteiger charge is -2.30. The lowest BCUT2D eigenvalue weighted by Crippen LogP contribution is -2.46. The Morgan fingerprint density at radius 2 is 1.54 bits per heavy atom. The number of fused-ring (bicyclic) bond motifs is 1. The highest BCUT2D eigenvalue weighted by molar-refractivity contribution is 8.13. The Kier molecular flexibility index (Phi) is 23.9. The molecule has 1 fully saturated rings. The Bertz CT molecular complexity index is 1910. The number of thioether (sulfide) groups is 1. The Morgan fingerprint density at radius 1 is 0.921 bits per heavy atom. The van der Waals surface area contributed by atoms with Crippen LogP contribution in [0.15, 0.2) is 12.7 Å². The lowest BCUT2D eigenvalue weighted by atomic mass is 9.87. The Hall–Kier alpha value is -2.48. The van der Waals surface area contributed by atoms with Crippen LogP contribution in [0.4, 0.5) is 5.82 Å². The molecule has 7 atom stereocenters. The molecule has 0 aliphatic carbocycles. The van der Waals surface area contributed by atoms with Crippen molar-refractivity contribution in [1.29, 1.82) is 0 Å². The van der Waals surface area contributed by atoms with E-state index in [2.05, 4.69) is 41.3 Å². The molecule has 3 rings (SSSR count). The van der Waals surface area contributed by atoms with E-state index in [4.69, 9.17) is 19.5 Å². The average Bonchev–Trinajstić information content (AvgIpc) is 3.75. The predicted octanol–water partition coefficient (Wildman–Crippen LogP) is 3.14. The van der Waals surface area contributed by atoms with E-state index in [1.165, 1.54) is 58.8 Å². The first-order valence-corrected chi connectivity index (χ1v) is 25.6. The fourth-order valence-corrected chi connectivity index (χ4v) is 9.67. The molecule has 63 heavy (non-hydrogen) atoms. The zero-order valence-electron chi connectivity index (χ0n) is 35.6. The molecule has 0 bridgehead atoms. The van der Waals surface area contributed by atoms with Crippen molar-refractivity contribution < 1.29 is 80.5 Å². The van der Waals surface area contributed by atoms with Gasteiger partial charge in [-0.2, -0.15) is 4.31 Å². The summed E-state index contributed by atoms with van der Waals surface area (Å²) >= 11 is 1.15. The Morgan fingerprint density at radius 3 is 2.17 bits per heavy atom. The van der Waals surface area contributed by atoms with Gasteiger partial charge in [0.1, 0.15) is 36.3 Å². The largest absolute Gasteiger partial charge is 0.481 e. The van der Waals surface area contributed by atoms with Crippen LogP contribution in [-0.4, -0.2) is 123 Å². The van der Waals surface area contributed by atoms with Crippen molar-refractivity contribution in [2.75, 3.05) is 37.8 Å². The Labute approximate surface area is 369 Å². The summed E-state index contributed by atoms with van der Waals surface area (Å²) in [5, 5.41) is 26.6. The molecule has 2 unspecified atom stereocenters. The normalized spacial score (nSPS) is 20.4. The summed E-state index contributed by atoms with van der Waals surface area (Å²) in [7, 11) is -16.4. The maximum Gasteiger partial charge on any atom is 0.481 e. The number of aliphatic hydroxyl groups excluding tert-OH is 2. The van der Waals surface area contributed by atoms with Gasteiger partial charge in [0.2, 0.25) is 11.8 Å². The van der Waals surface area contributed by atoms with Crippen molar-refractivity contribution in [3.05, 3.63) is 12.7 Å². The second kappa shape index (κ2) is 26.6. The number of carbonyl (C=O) groups excluding carboxylic acids is 3. The number of phosphoric acid groups is 3. The number of nitrogens with one attached hydrogen (secondary N) is 2. The topological polar surface area (TPSA) is 399 Å². The molecule has 0 spiro atoms. The highest BCUT2D eigenvalue weighted by atomic mass is 32.2. The number of hydrogen-bond acceptors (Lipinski definition) is 19. The molecule has 362 valence electrons. The number of aliphatic hydroxyl groups is 2. The van der Waals surface area contributed by atoms with Crippen LogP contribution in [0.25, 0.3) is 11.2 Å². The minimum atomic E-state index is -5.57. The van der Waals surface area contributed by atoms with E-state index in [0.717, 1.165) is 48.2 Å². The van der Waals surface area contributed by atoms with Gasteiger partial charge in [0.25, 0.3) is 0 Å². The smallest absolute Gasteiger partial charge is 0.386 e. The number of rotatable bonds is 30. The summed E-state index contributed by atoms with van der Waals surface area (Å²) < 4.78 is 62.3. The third kappa shape index (κ3) is 19.9. The van der Waals surface area contributed by atoms with E-state index in [1.54, 1.807) is 0 Å². The van der Waals surface area contributed by atoms with Crippen molar-refractivity contribution >= 4 is 69.1 Å². The number of aromatic nitrogens is 4. The van der Waals surface area contributed by atoms with Crippen LogP contribution >= 0.6 is 35.2 Å². The highest BCUT2D eigenvalue weighted by Crippen LogP contribution is 2.61. The molecule has 3 heterocycles. The molecule has 1 aliphatic rings. The van der Waals surface area contributed by atoms with E-state index in [0.29, 0.717) is 12.2 Å². The number of ether oxygens (including phenoxy) is 1. The van der Waals surface area contributed by atoms with Gasteiger partial charge in [-0.25, -0.2) is 28.6 Å². The maximum atomic E-state index is 12.7. The molecule has 0 aromatic carbocycles. The minimum absolute atomic E-state index is 0. The summed E-state index contributed by atoms with van der Waals surface area (Å²) in [5.74, 6) is -1.02. The van der Waals surface area contributed by atoms with Gasteiger partial charge in [0.05, 0.1) is 19.5 Å². The number of unbranched alkanes of at least 4 members (excludes halogenated alkanes) is 9. The monoisotopic (exact) mass is 980 g/mol. The molecular weight excluding hydrogens is 917 g/mol. The van der Waals surface area contributed by atoms with Gasteiger partial charge in [0, 0.05) is 37.1 Å². The predicted molar refractivity (Wildman–Crippen MR) is 229 cm³/mol. The van der Waals surface area contributed by atoms with E-state index in [9.17, 15) is 57.9 Å². The summed E-state index contributed by atoms with van der Waals surface area (Å²) in [6, 6.07) is 0. The second-order valence-corrected chi connectivity index (χ2v) is 20.6. The molecule has 25 nitrogen and oxygen atoms in total. The fourth-order valence-electron chi connectivity index (χ4n) is 6.12. The summed E-state index contributed by atoms with van der Waals surface area (Å²) in [6.07, 6.45) is 5.38. The van der Waals surface area contributed by atoms with Gasteiger partial charge in [-0.15, -0.1) is 0 Å². The van der Waals surface area contributed by atoms with Crippen molar-refractivity contribution in [3.8, 4) is 0 Å². The van der Waals surface area contributed by atoms with E-state index < -0.39 is 84.6 Å². The summed E-state index contributed by atoms with van der Waals surface area (Å²) in [5.41, 5.74) is 4.28. The van der Waals surface area contributed by atoms with Gasteiger partial charge in [-0.1, -0.05) is 90.3 Å². The number of nitrogen functional groups attached to an aromatic ring is 1. The third-order valence-electron chi connectivity index (χ3n) is 9.50. The van der Waals surface area contributed by atoms with Crippen molar-refractivity contribution in [1.82, 2.24) is 36.3 Å². The number of nitrogens with two attached hydrogens (primary N) is 1. The van der Waals surface area contributed by atoms with Crippen LogP contribution in [0.1, 0.15) is 104 Å². The molecule has 0 radical (unpaired) electrons. The lowest BCUT2D eigenvalue weighted by molar-refractivity contribution is -0.137. The zero-order chi connectivity index (χ0) is 46.1. The van der Waals surface area contributed by atoms with Crippen LogP contribution < -0.4 is 22.5 Å². The molecule has 1 saturated heterocycles. The number of nitrogens with zero attached hydrogens (tertiary/aromatic N) is 4. The van der Waals surface area contributed by atoms with Gasteiger partial charge in [-0.05, 0) is 6.42 Å². The number of imidazole rings is 1. The fraction of sp³-hybridized carbons (Fsp3) is 0.765. The van der Waals surface area contributed by atoms with Crippen molar-refractivity contribution in [2.24, 2.45) is 5.41 Å². The minimum Gasteiger partial charge on any atom is -0.386 e. The molecule has 2 amide bonds. The number of hydrogen-bond donors (Lipinski definition) is 10. The van der Waals surface area contributed by atoms with E-state index in [-0.39, 0.29) is 47.8 Å². The Balaban J connectivity index is 0.0000137. The van der Waals surface area contributed by atoms with Gasteiger partial charge >= 0.3 is 23.5 Å². The second-order valence-electron chi connectivity index (χ2n) is 15.2. The van der Waals surface area contributed by atoms with Crippen LogP contribution in [0.3, 0.4) is 0 Å². The zero-order valence-corrected chi connectivity index (χ0v) is 39.1. The number of carbonyl (C=O) groups is 3. The third-order valence-corrected chi connectivity index (χ3v) is 13.5. The van der Waals surface area contributed by atoms with Gasteiger partial charge in [-0.3, -0.25) is 32.5 Å². The molecule has 29 heteroatoms. The molecular formula is C34H63N8O17P3S. The van der Waals surface area contributed by atoms with Crippen LogP contribution in [0.2, 0.25) is 0 Å². The van der Waals surface area contributed by atoms with Crippen molar-refractivity contribution in [3.63, 3.8) is 0 Å². The molecule has 2 aromatic rings. The highest BCUT2D eigenvalue weighted by Gasteiger charge is 2.50. The van der Waals surface area contributed by atoms with Crippen LogP contribution in [-0.2, 0) is 50.7 Å². The molecule has 13 N–H and O–H groups in total. The summed E-state index contributed by atoms with van der Waals surface area (Å²) in [6.45, 7) is 2.78. The summed E-state index contributed by atoms with van der Waals surface area (Å²) in [4.78, 5) is 88.1. The first kappa shape index (κ1) is 56.6. The van der Waals surface area contributed by atoms with E-state index >= 15 is 0 Å². The average molecular weight is 981 g/mol. The first-order chi connectivity index (χ1) is 29.1. The first-order valence-electron chi connectivity index (χ1n) is 20.1. The number of anilines is 1. The number of phosphoric ester groups is 3. The molecule has 1 aliphatic heterocycles. The quantitative estimate of drug-likeness (QED) is 0.0397.